The highest BCUT2D eigenvalue weighted by atomic mass is 79.9. The van der Waals surface area contributed by atoms with Crippen LogP contribution < -0.4 is 10.0 Å². The fourth-order valence-electron chi connectivity index (χ4n) is 2.82. The summed E-state index contributed by atoms with van der Waals surface area (Å²) < 4.78 is 29.1. The highest BCUT2D eigenvalue weighted by molar-refractivity contribution is 9.10. The Bertz CT molecular complexity index is 798. The second-order valence-electron chi connectivity index (χ2n) is 5.85. The van der Waals surface area contributed by atoms with Gasteiger partial charge in [-0.15, -0.1) is 12.4 Å². The summed E-state index contributed by atoms with van der Waals surface area (Å²) in [5.41, 5.74) is 0. The predicted molar refractivity (Wildman–Crippen MR) is 99.7 cm³/mol. The third kappa shape index (κ3) is 4.25. The van der Waals surface area contributed by atoms with E-state index in [9.17, 15) is 8.42 Å². The largest absolute Gasteiger partial charge is 0.316 e. The molecule has 1 saturated heterocycles. The Hall–Kier alpha value is -0.660. The standard InChI is InChI=1S/C16H19BrN2O2S.ClH/c1-11-10-18-7-6-16(11)19-22(20,21)15-5-3-12-8-14(17)4-2-13(12)9-15;/h2-5,8-9,11,16,18-19H,6-7,10H2,1H3;1H. The van der Waals surface area contributed by atoms with E-state index in [1.165, 1.54) is 0 Å². The van der Waals surface area contributed by atoms with Gasteiger partial charge in [-0.25, -0.2) is 13.1 Å². The third-order valence-corrected chi connectivity index (χ3v) is 6.16. The van der Waals surface area contributed by atoms with Crippen molar-refractivity contribution in [2.45, 2.75) is 24.3 Å². The molecule has 126 valence electrons. The number of rotatable bonds is 3. The number of sulfonamides is 1. The molecule has 2 atom stereocenters. The Morgan fingerprint density at radius 2 is 1.87 bits per heavy atom. The van der Waals surface area contributed by atoms with Crippen LogP contribution in [0.3, 0.4) is 0 Å². The lowest BCUT2D eigenvalue weighted by Crippen LogP contribution is -2.48. The molecule has 0 aliphatic carbocycles. The van der Waals surface area contributed by atoms with Crippen molar-refractivity contribution in [1.29, 1.82) is 0 Å². The molecule has 2 unspecified atom stereocenters. The molecule has 1 fully saturated rings. The van der Waals surface area contributed by atoms with Crippen LogP contribution in [0, 0.1) is 5.92 Å². The summed E-state index contributed by atoms with van der Waals surface area (Å²) in [4.78, 5) is 0.327. The molecule has 1 heterocycles. The molecule has 2 N–H and O–H groups in total. The molecule has 1 aliphatic rings. The van der Waals surface area contributed by atoms with Crippen LogP contribution in [0.25, 0.3) is 10.8 Å². The summed E-state index contributed by atoms with van der Waals surface area (Å²) in [6.07, 6.45) is 0.820. The highest BCUT2D eigenvalue weighted by Gasteiger charge is 2.26. The van der Waals surface area contributed by atoms with Crippen molar-refractivity contribution in [2.24, 2.45) is 5.92 Å². The van der Waals surface area contributed by atoms with Gasteiger partial charge in [0.25, 0.3) is 0 Å². The Kier molecular flexibility index (Phi) is 6.08. The molecule has 0 saturated carbocycles. The van der Waals surface area contributed by atoms with Crippen LogP contribution in [0.1, 0.15) is 13.3 Å². The average Bonchev–Trinajstić information content (AvgIpc) is 2.49. The molecule has 1 aliphatic heterocycles. The smallest absolute Gasteiger partial charge is 0.240 e. The number of nitrogens with one attached hydrogen (secondary N) is 2. The van der Waals surface area contributed by atoms with Crippen LogP contribution in [0.5, 0.6) is 0 Å². The fourth-order valence-corrected chi connectivity index (χ4v) is 4.61. The lowest BCUT2D eigenvalue weighted by atomic mass is 9.97. The highest BCUT2D eigenvalue weighted by Crippen LogP contribution is 2.23. The minimum Gasteiger partial charge on any atom is -0.316 e. The van der Waals surface area contributed by atoms with Crippen molar-refractivity contribution in [3.63, 3.8) is 0 Å². The van der Waals surface area contributed by atoms with Gasteiger partial charge in [-0.3, -0.25) is 0 Å². The Morgan fingerprint density at radius 1 is 1.17 bits per heavy atom. The summed E-state index contributed by atoms with van der Waals surface area (Å²) in [6, 6.07) is 11.1. The predicted octanol–water partition coefficient (Wildman–Crippen LogP) is 3.30. The molecule has 0 spiro atoms. The zero-order valence-electron chi connectivity index (χ0n) is 12.8. The normalized spacial score (nSPS) is 21.8. The van der Waals surface area contributed by atoms with E-state index in [1.807, 2.05) is 24.3 Å². The number of fused-ring (bicyclic) bond motifs is 1. The topological polar surface area (TPSA) is 58.2 Å². The Labute approximate surface area is 151 Å². The molecule has 2 aromatic carbocycles. The van der Waals surface area contributed by atoms with Gasteiger partial charge in [0.05, 0.1) is 4.90 Å². The van der Waals surface area contributed by atoms with Gasteiger partial charge in [0.1, 0.15) is 0 Å². The lowest BCUT2D eigenvalue weighted by Gasteiger charge is -2.30. The Morgan fingerprint density at radius 3 is 2.61 bits per heavy atom. The first-order chi connectivity index (χ1) is 10.5. The summed E-state index contributed by atoms with van der Waals surface area (Å²) >= 11 is 3.43. The van der Waals surface area contributed by atoms with E-state index in [2.05, 4.69) is 32.9 Å². The van der Waals surface area contributed by atoms with Crippen LogP contribution >= 0.6 is 28.3 Å². The van der Waals surface area contributed by atoms with E-state index in [1.54, 1.807) is 12.1 Å². The summed E-state index contributed by atoms with van der Waals surface area (Å²) in [5.74, 6) is 0.292. The zero-order chi connectivity index (χ0) is 15.7. The molecule has 23 heavy (non-hydrogen) atoms. The third-order valence-electron chi connectivity index (χ3n) is 4.18. The SMILES string of the molecule is CC1CNCCC1NS(=O)(=O)c1ccc2cc(Br)ccc2c1.Cl. The molecular weight excluding hydrogens is 400 g/mol. The molecule has 4 nitrogen and oxygen atoms in total. The molecule has 3 rings (SSSR count). The van der Waals surface area contributed by atoms with Gasteiger partial charge in [0, 0.05) is 10.5 Å². The van der Waals surface area contributed by atoms with E-state index < -0.39 is 10.0 Å². The molecular formula is C16H20BrClN2O2S. The minimum atomic E-state index is -3.48. The van der Waals surface area contributed by atoms with Gasteiger partial charge >= 0.3 is 0 Å². The second kappa shape index (κ2) is 7.49. The van der Waals surface area contributed by atoms with E-state index in [-0.39, 0.29) is 18.4 Å². The van der Waals surface area contributed by atoms with Crippen LogP contribution in [-0.4, -0.2) is 27.5 Å². The van der Waals surface area contributed by atoms with E-state index in [4.69, 9.17) is 0 Å². The van der Waals surface area contributed by atoms with E-state index in [0.29, 0.717) is 10.8 Å². The summed E-state index contributed by atoms with van der Waals surface area (Å²) in [7, 11) is -3.48. The fraction of sp³-hybridized carbons (Fsp3) is 0.375. The van der Waals surface area contributed by atoms with E-state index in [0.717, 1.165) is 34.8 Å². The van der Waals surface area contributed by atoms with Gasteiger partial charge in [-0.05, 0) is 60.5 Å². The molecule has 0 amide bonds. The van der Waals surface area contributed by atoms with Crippen molar-refractivity contribution in [1.82, 2.24) is 10.0 Å². The molecule has 2 aromatic rings. The quantitative estimate of drug-likeness (QED) is 0.802. The van der Waals surface area contributed by atoms with Gasteiger partial charge in [-0.2, -0.15) is 0 Å². The minimum absolute atomic E-state index is 0. The maximum absolute atomic E-state index is 12.6. The first-order valence-corrected chi connectivity index (χ1v) is 9.66. The monoisotopic (exact) mass is 418 g/mol. The Balaban J connectivity index is 0.00000192. The maximum Gasteiger partial charge on any atom is 0.240 e. The molecule has 0 radical (unpaired) electrons. The number of hydrogen-bond acceptors (Lipinski definition) is 3. The van der Waals surface area contributed by atoms with Gasteiger partial charge in [0.15, 0.2) is 0 Å². The second-order valence-corrected chi connectivity index (χ2v) is 8.48. The first-order valence-electron chi connectivity index (χ1n) is 7.38. The maximum atomic E-state index is 12.6. The van der Waals surface area contributed by atoms with Gasteiger partial charge in [-0.1, -0.05) is 35.0 Å². The first kappa shape index (κ1) is 18.7. The van der Waals surface area contributed by atoms with Gasteiger partial charge < -0.3 is 5.32 Å². The van der Waals surface area contributed by atoms with Crippen LogP contribution in [0.4, 0.5) is 0 Å². The molecule has 7 heteroatoms. The summed E-state index contributed by atoms with van der Waals surface area (Å²) in [5, 5.41) is 5.22. The van der Waals surface area contributed by atoms with Crippen molar-refractivity contribution >= 4 is 49.1 Å². The number of hydrogen-bond donors (Lipinski definition) is 2. The van der Waals surface area contributed by atoms with Crippen molar-refractivity contribution in [3.8, 4) is 0 Å². The van der Waals surface area contributed by atoms with Crippen LogP contribution in [-0.2, 0) is 10.0 Å². The lowest BCUT2D eigenvalue weighted by molar-refractivity contribution is 0.328. The van der Waals surface area contributed by atoms with Crippen molar-refractivity contribution in [3.05, 3.63) is 40.9 Å². The number of benzene rings is 2. The van der Waals surface area contributed by atoms with Crippen molar-refractivity contribution in [2.75, 3.05) is 13.1 Å². The summed E-state index contributed by atoms with van der Waals surface area (Å²) in [6.45, 7) is 3.76. The van der Waals surface area contributed by atoms with Crippen molar-refractivity contribution < 1.29 is 8.42 Å². The van der Waals surface area contributed by atoms with E-state index >= 15 is 0 Å². The van der Waals surface area contributed by atoms with Crippen LogP contribution in [0.2, 0.25) is 0 Å². The number of halogens is 2. The van der Waals surface area contributed by atoms with Crippen LogP contribution in [0.15, 0.2) is 45.8 Å². The zero-order valence-corrected chi connectivity index (χ0v) is 16.0. The molecule has 0 aromatic heterocycles. The molecule has 0 bridgehead atoms. The van der Waals surface area contributed by atoms with Gasteiger partial charge in [0.2, 0.25) is 10.0 Å². The average molecular weight is 420 g/mol. The number of piperidine rings is 1.